The first kappa shape index (κ1) is 15.6. The van der Waals surface area contributed by atoms with E-state index in [9.17, 15) is 0 Å². The van der Waals surface area contributed by atoms with Crippen LogP contribution < -0.4 is 10.2 Å². The van der Waals surface area contributed by atoms with E-state index in [-0.39, 0.29) is 0 Å². The van der Waals surface area contributed by atoms with E-state index in [4.69, 9.17) is 4.98 Å². The van der Waals surface area contributed by atoms with Crippen LogP contribution in [0, 0.1) is 13.8 Å². The highest BCUT2D eigenvalue weighted by Crippen LogP contribution is 2.31. The maximum atomic E-state index is 4.87. The molecule has 1 fully saturated rings. The standard InChI is InChI=1S/C16H27N3S/c1-6-17-10-15-11(2)9-12(3)18-16(15)19-7-8-20-14(5)13(19)4/h9,13-14,17H,6-8,10H2,1-5H3. The molecule has 0 radical (unpaired) electrons. The molecule has 3 nitrogen and oxygen atoms in total. The Morgan fingerprint density at radius 1 is 1.40 bits per heavy atom. The molecule has 0 amide bonds. The molecule has 2 atom stereocenters. The third-order valence-corrected chi connectivity index (χ3v) is 5.50. The highest BCUT2D eigenvalue weighted by atomic mass is 32.2. The van der Waals surface area contributed by atoms with E-state index in [2.05, 4.69) is 62.7 Å². The van der Waals surface area contributed by atoms with Crippen LogP contribution in [-0.4, -0.2) is 35.1 Å². The van der Waals surface area contributed by atoms with Gasteiger partial charge in [0.05, 0.1) is 0 Å². The lowest BCUT2D eigenvalue weighted by atomic mass is 10.1. The van der Waals surface area contributed by atoms with Gasteiger partial charge in [0, 0.05) is 41.4 Å². The van der Waals surface area contributed by atoms with Crippen molar-refractivity contribution in [1.29, 1.82) is 0 Å². The summed E-state index contributed by atoms with van der Waals surface area (Å²) in [4.78, 5) is 7.38. The first-order valence-corrected chi connectivity index (χ1v) is 8.65. The number of nitrogens with zero attached hydrogens (tertiary/aromatic N) is 2. The minimum absolute atomic E-state index is 0.544. The zero-order chi connectivity index (χ0) is 14.7. The minimum atomic E-state index is 0.544. The van der Waals surface area contributed by atoms with Crippen LogP contribution in [0.2, 0.25) is 0 Å². The van der Waals surface area contributed by atoms with Crippen LogP contribution in [0.1, 0.15) is 37.6 Å². The predicted octanol–water partition coefficient (Wildman–Crippen LogP) is 3.14. The van der Waals surface area contributed by atoms with Crippen LogP contribution in [0.4, 0.5) is 5.82 Å². The van der Waals surface area contributed by atoms with Gasteiger partial charge in [-0.05, 0) is 38.9 Å². The summed E-state index contributed by atoms with van der Waals surface area (Å²) in [6.07, 6.45) is 0. The van der Waals surface area contributed by atoms with Gasteiger partial charge in [-0.25, -0.2) is 4.98 Å². The summed E-state index contributed by atoms with van der Waals surface area (Å²) in [7, 11) is 0. The largest absolute Gasteiger partial charge is 0.352 e. The van der Waals surface area contributed by atoms with Crippen molar-refractivity contribution in [1.82, 2.24) is 10.3 Å². The fourth-order valence-electron chi connectivity index (χ4n) is 2.78. The lowest BCUT2D eigenvalue weighted by Crippen LogP contribution is -2.46. The van der Waals surface area contributed by atoms with Crippen molar-refractivity contribution in [3.8, 4) is 0 Å². The summed E-state index contributed by atoms with van der Waals surface area (Å²) in [5, 5.41) is 4.12. The fraction of sp³-hybridized carbons (Fsp3) is 0.688. The zero-order valence-electron chi connectivity index (χ0n) is 13.4. The summed E-state index contributed by atoms with van der Waals surface area (Å²) in [5.41, 5.74) is 3.84. The van der Waals surface area contributed by atoms with Gasteiger partial charge < -0.3 is 10.2 Å². The second-order valence-corrected chi connectivity index (χ2v) is 7.16. The van der Waals surface area contributed by atoms with Crippen LogP contribution in [0.15, 0.2) is 6.07 Å². The summed E-state index contributed by atoms with van der Waals surface area (Å²) < 4.78 is 0. The normalized spacial score (nSPS) is 23.1. The SMILES string of the molecule is CCNCc1c(C)cc(C)nc1N1CCSC(C)C1C. The van der Waals surface area contributed by atoms with Crippen LogP contribution in [0.5, 0.6) is 0 Å². The summed E-state index contributed by atoms with van der Waals surface area (Å²) in [6, 6.07) is 2.74. The molecule has 4 heteroatoms. The number of hydrogen-bond acceptors (Lipinski definition) is 4. The van der Waals surface area contributed by atoms with Gasteiger partial charge in [0.15, 0.2) is 0 Å². The third-order valence-electron chi connectivity index (χ3n) is 4.16. The Balaban J connectivity index is 2.37. The van der Waals surface area contributed by atoms with E-state index in [1.807, 2.05) is 0 Å². The van der Waals surface area contributed by atoms with E-state index < -0.39 is 0 Å². The van der Waals surface area contributed by atoms with Gasteiger partial charge in [-0.2, -0.15) is 11.8 Å². The number of thioether (sulfide) groups is 1. The van der Waals surface area contributed by atoms with Gasteiger partial charge in [0.1, 0.15) is 5.82 Å². The number of rotatable bonds is 4. The Morgan fingerprint density at radius 2 is 2.15 bits per heavy atom. The van der Waals surface area contributed by atoms with Crippen molar-refractivity contribution in [2.24, 2.45) is 0 Å². The van der Waals surface area contributed by atoms with Crippen molar-refractivity contribution in [3.05, 3.63) is 22.9 Å². The maximum absolute atomic E-state index is 4.87. The molecule has 2 rings (SSSR count). The number of pyridine rings is 1. The smallest absolute Gasteiger partial charge is 0.133 e. The zero-order valence-corrected chi connectivity index (χ0v) is 14.2. The molecule has 1 aliphatic heterocycles. The number of anilines is 1. The van der Waals surface area contributed by atoms with Crippen molar-refractivity contribution in [2.75, 3.05) is 23.7 Å². The Labute approximate surface area is 127 Å². The number of aromatic nitrogens is 1. The van der Waals surface area contributed by atoms with Crippen molar-refractivity contribution >= 4 is 17.6 Å². The molecular weight excluding hydrogens is 266 g/mol. The molecular formula is C16H27N3S. The number of hydrogen-bond donors (Lipinski definition) is 1. The second-order valence-electron chi connectivity index (χ2n) is 5.67. The Hall–Kier alpha value is -0.740. The lowest BCUT2D eigenvalue weighted by molar-refractivity contribution is 0.611. The average Bonchev–Trinajstić information content (AvgIpc) is 2.40. The van der Waals surface area contributed by atoms with E-state index >= 15 is 0 Å². The number of aryl methyl sites for hydroxylation is 2. The predicted molar refractivity (Wildman–Crippen MR) is 89.8 cm³/mol. The molecule has 0 saturated carbocycles. The van der Waals surface area contributed by atoms with E-state index in [0.29, 0.717) is 11.3 Å². The van der Waals surface area contributed by atoms with Crippen molar-refractivity contribution in [2.45, 2.75) is 52.5 Å². The second kappa shape index (κ2) is 6.81. The summed E-state index contributed by atoms with van der Waals surface area (Å²) in [6.45, 7) is 14.1. The lowest BCUT2D eigenvalue weighted by Gasteiger charge is -2.39. The van der Waals surface area contributed by atoms with Crippen molar-refractivity contribution < 1.29 is 0 Å². The minimum Gasteiger partial charge on any atom is -0.352 e. The highest BCUT2D eigenvalue weighted by Gasteiger charge is 2.28. The molecule has 2 unspecified atom stereocenters. The third kappa shape index (κ3) is 3.29. The van der Waals surface area contributed by atoms with E-state index in [1.165, 1.54) is 22.7 Å². The molecule has 0 aromatic carbocycles. The van der Waals surface area contributed by atoms with Gasteiger partial charge >= 0.3 is 0 Å². The van der Waals surface area contributed by atoms with Crippen LogP contribution in [0.25, 0.3) is 0 Å². The molecule has 1 N–H and O–H groups in total. The summed E-state index contributed by atoms with van der Waals surface area (Å²) in [5.74, 6) is 2.39. The van der Waals surface area contributed by atoms with Gasteiger partial charge in [-0.15, -0.1) is 0 Å². The Bertz CT molecular complexity index is 461. The van der Waals surface area contributed by atoms with E-state index in [0.717, 1.165) is 25.3 Å². The Morgan fingerprint density at radius 3 is 2.85 bits per heavy atom. The fourth-order valence-corrected chi connectivity index (χ4v) is 3.88. The Kier molecular flexibility index (Phi) is 5.33. The molecule has 112 valence electrons. The molecule has 2 heterocycles. The molecule has 1 saturated heterocycles. The molecule has 1 aromatic rings. The van der Waals surface area contributed by atoms with Crippen LogP contribution >= 0.6 is 11.8 Å². The topological polar surface area (TPSA) is 28.2 Å². The van der Waals surface area contributed by atoms with Gasteiger partial charge in [-0.1, -0.05) is 13.8 Å². The quantitative estimate of drug-likeness (QED) is 0.923. The van der Waals surface area contributed by atoms with Crippen LogP contribution in [-0.2, 0) is 6.54 Å². The monoisotopic (exact) mass is 293 g/mol. The molecule has 0 aliphatic carbocycles. The average molecular weight is 293 g/mol. The van der Waals surface area contributed by atoms with E-state index in [1.54, 1.807) is 0 Å². The van der Waals surface area contributed by atoms with Crippen LogP contribution in [0.3, 0.4) is 0 Å². The van der Waals surface area contributed by atoms with Gasteiger partial charge in [0.25, 0.3) is 0 Å². The van der Waals surface area contributed by atoms with Gasteiger partial charge in [-0.3, -0.25) is 0 Å². The molecule has 0 bridgehead atoms. The maximum Gasteiger partial charge on any atom is 0.133 e. The number of nitrogens with one attached hydrogen (secondary N) is 1. The first-order valence-electron chi connectivity index (χ1n) is 7.60. The first-order chi connectivity index (χ1) is 9.54. The van der Waals surface area contributed by atoms with Gasteiger partial charge in [0.2, 0.25) is 0 Å². The molecule has 1 aromatic heterocycles. The molecule has 1 aliphatic rings. The molecule has 20 heavy (non-hydrogen) atoms. The highest BCUT2D eigenvalue weighted by molar-refractivity contribution is 8.00. The summed E-state index contributed by atoms with van der Waals surface area (Å²) >= 11 is 2.07. The molecule has 0 spiro atoms. The van der Waals surface area contributed by atoms with Crippen molar-refractivity contribution in [3.63, 3.8) is 0 Å².